The minimum absolute atomic E-state index is 0.220. The molecular weight excluding hydrogens is 480 g/mol. The molecule has 1 aromatic rings. The number of rotatable bonds is 10. The quantitative estimate of drug-likeness (QED) is 0.222. The molecule has 204 valence electrons. The number of urea groups is 1. The summed E-state index contributed by atoms with van der Waals surface area (Å²) in [5, 5.41) is 7.83. The summed E-state index contributed by atoms with van der Waals surface area (Å²) in [6, 6.07) is -1.23. The van der Waals surface area contributed by atoms with Crippen molar-refractivity contribution in [1.82, 2.24) is 25.8 Å². The topological polar surface area (TPSA) is 184 Å². The highest BCUT2D eigenvalue weighted by atomic mass is 16.2. The average molecular weight is 519 g/mol. The molecule has 2 heterocycles. The lowest BCUT2D eigenvalue weighted by atomic mass is 9.85. The van der Waals surface area contributed by atoms with Gasteiger partial charge in [0, 0.05) is 12.7 Å². The van der Waals surface area contributed by atoms with Crippen LogP contribution in [-0.4, -0.2) is 75.9 Å². The van der Waals surface area contributed by atoms with Gasteiger partial charge in [0.15, 0.2) is 0 Å². The first-order valence-corrected chi connectivity index (χ1v) is 12.3. The van der Waals surface area contributed by atoms with Crippen molar-refractivity contribution in [2.75, 3.05) is 6.54 Å². The number of carbonyl (C=O) groups excluding carboxylic acids is 6. The number of nitrogens with two attached hydrogens (primary N) is 1. The molecule has 0 bridgehead atoms. The lowest BCUT2D eigenvalue weighted by molar-refractivity contribution is -0.143. The summed E-state index contributed by atoms with van der Waals surface area (Å²) in [6.45, 7) is 10.6. The van der Waals surface area contributed by atoms with Crippen LogP contribution in [0.4, 0.5) is 4.79 Å². The minimum atomic E-state index is -1.16. The third kappa shape index (κ3) is 7.40. The van der Waals surface area contributed by atoms with Gasteiger partial charge in [0.1, 0.15) is 12.1 Å². The van der Waals surface area contributed by atoms with E-state index in [0.29, 0.717) is 18.5 Å². The van der Waals surface area contributed by atoms with Crippen LogP contribution in [-0.2, 0) is 19.2 Å². The molecule has 0 radical (unpaired) electrons. The lowest BCUT2D eigenvalue weighted by Crippen LogP contribution is -2.61. The smallest absolute Gasteiger partial charge is 0.316 e. The van der Waals surface area contributed by atoms with Crippen LogP contribution in [0.1, 0.15) is 64.9 Å². The summed E-state index contributed by atoms with van der Waals surface area (Å²) in [4.78, 5) is 79.4. The van der Waals surface area contributed by atoms with E-state index in [4.69, 9.17) is 5.73 Å². The molecule has 1 fully saturated rings. The van der Waals surface area contributed by atoms with Crippen LogP contribution in [0.3, 0.4) is 0 Å². The maximum atomic E-state index is 13.6. The normalized spacial score (nSPS) is 18.0. The number of nitrogens with zero attached hydrogens (tertiary/aromatic N) is 1. The Balaban J connectivity index is 2.16. The summed E-state index contributed by atoms with van der Waals surface area (Å²) in [5.74, 6) is -3.66. The first-order chi connectivity index (χ1) is 17.1. The SMILES string of the molecule is CC(NC(=O)[C@@H]1CCCN1C(=O)C(NC(=O)NC(C(=O)c1ccc[nH]1)C(C)C)C(C)(C)C)C(=O)C(N)=O. The van der Waals surface area contributed by atoms with E-state index in [1.54, 1.807) is 52.9 Å². The van der Waals surface area contributed by atoms with Crippen LogP contribution in [0, 0.1) is 11.3 Å². The van der Waals surface area contributed by atoms with E-state index >= 15 is 0 Å². The van der Waals surface area contributed by atoms with Crippen LogP contribution in [0.15, 0.2) is 18.3 Å². The first kappa shape index (κ1) is 29.5. The predicted molar refractivity (Wildman–Crippen MR) is 135 cm³/mol. The van der Waals surface area contributed by atoms with Gasteiger partial charge in [0.2, 0.25) is 23.4 Å². The second kappa shape index (κ2) is 12.0. The Labute approximate surface area is 216 Å². The molecule has 3 unspecified atom stereocenters. The molecule has 4 atom stereocenters. The van der Waals surface area contributed by atoms with Gasteiger partial charge in [-0.3, -0.25) is 24.0 Å². The van der Waals surface area contributed by atoms with Crippen LogP contribution in [0.25, 0.3) is 0 Å². The lowest BCUT2D eigenvalue weighted by Gasteiger charge is -2.36. The number of amides is 5. The zero-order valence-corrected chi connectivity index (χ0v) is 22.2. The van der Waals surface area contributed by atoms with Crippen LogP contribution < -0.4 is 21.7 Å². The average Bonchev–Trinajstić information content (AvgIpc) is 3.51. The maximum absolute atomic E-state index is 13.6. The van der Waals surface area contributed by atoms with Crippen molar-refractivity contribution in [3.8, 4) is 0 Å². The van der Waals surface area contributed by atoms with E-state index in [9.17, 15) is 28.8 Å². The number of carbonyl (C=O) groups is 6. The Morgan fingerprint density at radius 3 is 2.22 bits per heavy atom. The zero-order valence-electron chi connectivity index (χ0n) is 22.2. The number of aromatic amines is 1. The Kier molecular flexibility index (Phi) is 9.60. The molecular formula is C25H38N6O6. The Hall–Kier alpha value is -3.70. The van der Waals surface area contributed by atoms with Gasteiger partial charge in [-0.05, 0) is 43.2 Å². The van der Waals surface area contributed by atoms with Crippen molar-refractivity contribution in [1.29, 1.82) is 0 Å². The molecule has 5 amide bonds. The van der Waals surface area contributed by atoms with Gasteiger partial charge in [0.05, 0.1) is 17.8 Å². The number of aromatic nitrogens is 1. The molecule has 0 spiro atoms. The predicted octanol–water partition coefficient (Wildman–Crippen LogP) is 0.486. The van der Waals surface area contributed by atoms with Crippen molar-refractivity contribution in [2.24, 2.45) is 17.1 Å². The van der Waals surface area contributed by atoms with E-state index in [1.165, 1.54) is 11.8 Å². The van der Waals surface area contributed by atoms with E-state index in [-0.39, 0.29) is 18.2 Å². The van der Waals surface area contributed by atoms with Crippen LogP contribution >= 0.6 is 0 Å². The van der Waals surface area contributed by atoms with Crippen molar-refractivity contribution < 1.29 is 28.8 Å². The molecule has 0 saturated carbocycles. The fourth-order valence-corrected chi connectivity index (χ4v) is 4.21. The fourth-order valence-electron chi connectivity index (χ4n) is 4.21. The number of H-pyrrole nitrogens is 1. The molecule has 6 N–H and O–H groups in total. The van der Waals surface area contributed by atoms with Gasteiger partial charge in [-0.2, -0.15) is 0 Å². The van der Waals surface area contributed by atoms with Gasteiger partial charge >= 0.3 is 6.03 Å². The minimum Gasteiger partial charge on any atom is -0.363 e. The molecule has 1 aromatic heterocycles. The summed E-state index contributed by atoms with van der Waals surface area (Å²) in [7, 11) is 0. The summed E-state index contributed by atoms with van der Waals surface area (Å²) < 4.78 is 0. The highest BCUT2D eigenvalue weighted by Gasteiger charge is 2.42. The summed E-state index contributed by atoms with van der Waals surface area (Å²) in [6.07, 6.45) is 2.52. The number of likely N-dealkylation sites (tertiary alicyclic amines) is 1. The molecule has 12 nitrogen and oxygen atoms in total. The molecule has 37 heavy (non-hydrogen) atoms. The molecule has 1 aliphatic rings. The van der Waals surface area contributed by atoms with E-state index < -0.39 is 59.1 Å². The number of ketones is 2. The monoisotopic (exact) mass is 518 g/mol. The third-order valence-corrected chi connectivity index (χ3v) is 6.32. The Morgan fingerprint density at radius 2 is 1.70 bits per heavy atom. The van der Waals surface area contributed by atoms with Crippen molar-refractivity contribution >= 4 is 35.3 Å². The van der Waals surface area contributed by atoms with Crippen molar-refractivity contribution in [3.05, 3.63) is 24.0 Å². The zero-order chi connectivity index (χ0) is 28.1. The van der Waals surface area contributed by atoms with Crippen molar-refractivity contribution in [3.63, 3.8) is 0 Å². The van der Waals surface area contributed by atoms with Gasteiger partial charge in [-0.1, -0.05) is 34.6 Å². The van der Waals surface area contributed by atoms with Crippen LogP contribution in [0.5, 0.6) is 0 Å². The van der Waals surface area contributed by atoms with E-state index in [0.717, 1.165) is 0 Å². The molecule has 1 aliphatic heterocycles. The molecule has 0 aromatic carbocycles. The number of primary amides is 1. The fraction of sp³-hybridized carbons (Fsp3) is 0.600. The van der Waals surface area contributed by atoms with Gasteiger partial charge in [-0.15, -0.1) is 0 Å². The molecule has 12 heteroatoms. The number of nitrogens with one attached hydrogen (secondary N) is 4. The largest absolute Gasteiger partial charge is 0.363 e. The van der Waals surface area contributed by atoms with E-state index in [1.807, 2.05) is 0 Å². The maximum Gasteiger partial charge on any atom is 0.316 e. The Bertz CT molecular complexity index is 1030. The van der Waals surface area contributed by atoms with Crippen LogP contribution in [0.2, 0.25) is 0 Å². The van der Waals surface area contributed by atoms with Gasteiger partial charge < -0.3 is 31.6 Å². The highest BCUT2D eigenvalue weighted by Crippen LogP contribution is 2.26. The van der Waals surface area contributed by atoms with E-state index in [2.05, 4.69) is 20.9 Å². The second-order valence-corrected chi connectivity index (χ2v) is 10.7. The number of Topliss-reactive ketones (excluding diaryl/α,β-unsaturated/α-hetero) is 2. The summed E-state index contributed by atoms with van der Waals surface area (Å²) in [5.41, 5.74) is 4.63. The van der Waals surface area contributed by atoms with Gasteiger partial charge in [-0.25, -0.2) is 4.79 Å². The molecule has 0 aliphatic carbocycles. The number of hydrogen-bond donors (Lipinski definition) is 5. The second-order valence-electron chi connectivity index (χ2n) is 10.7. The van der Waals surface area contributed by atoms with Gasteiger partial charge in [0.25, 0.3) is 5.91 Å². The number of hydrogen-bond acceptors (Lipinski definition) is 6. The molecule has 1 saturated heterocycles. The summed E-state index contributed by atoms with van der Waals surface area (Å²) >= 11 is 0. The first-order valence-electron chi connectivity index (χ1n) is 12.3. The third-order valence-electron chi connectivity index (χ3n) is 6.32. The highest BCUT2D eigenvalue weighted by molar-refractivity contribution is 6.37. The standard InChI is InChI=1S/C25H38N6O6/c1-13(2)17(19(33)15-9-7-11-27-15)29-24(37)30-20(25(4,5)6)23(36)31-12-8-10-16(31)22(35)28-14(3)18(32)21(26)34/h7,9,11,13-14,16-17,20,27H,8,10,12H2,1-6H3,(H2,26,34)(H,28,35)(H2,29,30,37)/t14?,16-,17?,20?/m0/s1. The molecule has 2 rings (SSSR count). The van der Waals surface area contributed by atoms with Crippen molar-refractivity contribution in [2.45, 2.75) is 78.6 Å². The Morgan fingerprint density at radius 1 is 1.05 bits per heavy atom.